The molecule has 6 nitrogen and oxygen atoms in total. The van der Waals surface area contributed by atoms with Gasteiger partial charge in [-0.15, -0.1) is 0 Å². The maximum Gasteiger partial charge on any atom is 0.255 e. The van der Waals surface area contributed by atoms with Crippen molar-refractivity contribution in [2.45, 2.75) is 11.8 Å². The van der Waals surface area contributed by atoms with E-state index in [1.807, 2.05) is 42.5 Å². The molecule has 1 amide bonds. The Hall–Kier alpha value is -4.43. The van der Waals surface area contributed by atoms with Crippen molar-refractivity contribution >= 4 is 32.4 Å². The molecule has 1 aromatic heterocycles. The molecule has 198 valence electrons. The summed E-state index contributed by atoms with van der Waals surface area (Å²) in [7, 11) is -2.15. The van der Waals surface area contributed by atoms with E-state index in [0.717, 1.165) is 5.56 Å². The molecule has 1 atom stereocenters. The number of carbonyl (C=O) groups excluding carboxylic acids is 1. The molecule has 0 spiro atoms. The number of sulfone groups is 1. The summed E-state index contributed by atoms with van der Waals surface area (Å²) in [6.45, 7) is 1.62. The first-order valence-electron chi connectivity index (χ1n) is 12.3. The highest BCUT2D eigenvalue weighted by Gasteiger charge is 2.38. The molecule has 1 unspecified atom stereocenters. The van der Waals surface area contributed by atoms with Crippen LogP contribution in [0.25, 0.3) is 33.4 Å². The van der Waals surface area contributed by atoms with Gasteiger partial charge in [-0.05, 0) is 48.4 Å². The SMILES string of the molecule is CNC(=O)c1c(-c2ccc(F)cc2)oc2cc(NC(C)(c3ccccc3)S(C)(=O)=O)c(-c3ccccc3)cc12. The Kier molecular flexibility index (Phi) is 6.74. The van der Waals surface area contributed by atoms with Crippen LogP contribution in [0.3, 0.4) is 0 Å². The maximum absolute atomic E-state index is 13.7. The summed E-state index contributed by atoms with van der Waals surface area (Å²) in [6.07, 6.45) is 1.19. The molecule has 5 aromatic rings. The highest BCUT2D eigenvalue weighted by Crippen LogP contribution is 2.42. The minimum absolute atomic E-state index is 0.287. The van der Waals surface area contributed by atoms with Crippen LogP contribution in [0.4, 0.5) is 10.1 Å². The Labute approximate surface area is 226 Å². The average molecular weight is 543 g/mol. The van der Waals surface area contributed by atoms with E-state index in [-0.39, 0.29) is 11.7 Å². The van der Waals surface area contributed by atoms with E-state index in [0.29, 0.717) is 38.9 Å². The Morgan fingerprint density at radius 1 is 0.872 bits per heavy atom. The van der Waals surface area contributed by atoms with Gasteiger partial charge in [0, 0.05) is 41.6 Å². The molecular weight excluding hydrogens is 515 g/mol. The molecule has 1 heterocycles. The van der Waals surface area contributed by atoms with E-state index in [1.54, 1.807) is 49.4 Å². The Morgan fingerprint density at radius 2 is 1.49 bits per heavy atom. The van der Waals surface area contributed by atoms with Gasteiger partial charge in [0.15, 0.2) is 14.7 Å². The van der Waals surface area contributed by atoms with E-state index >= 15 is 0 Å². The third-order valence-corrected chi connectivity index (χ3v) is 8.73. The number of furan rings is 1. The molecule has 0 saturated heterocycles. The highest BCUT2D eigenvalue weighted by atomic mass is 32.2. The summed E-state index contributed by atoms with van der Waals surface area (Å²) < 4.78 is 46.3. The van der Waals surface area contributed by atoms with E-state index in [9.17, 15) is 17.6 Å². The predicted octanol–water partition coefficient (Wildman–Crippen LogP) is 6.59. The van der Waals surface area contributed by atoms with Crippen molar-refractivity contribution in [1.29, 1.82) is 0 Å². The maximum atomic E-state index is 13.7. The molecule has 0 aliphatic rings. The summed E-state index contributed by atoms with van der Waals surface area (Å²) in [4.78, 5) is 11.6. The van der Waals surface area contributed by atoms with Gasteiger partial charge >= 0.3 is 0 Å². The van der Waals surface area contributed by atoms with Crippen molar-refractivity contribution in [2.24, 2.45) is 0 Å². The highest BCUT2D eigenvalue weighted by molar-refractivity contribution is 7.91. The molecule has 8 heteroatoms. The van der Waals surface area contributed by atoms with Crippen LogP contribution in [0.2, 0.25) is 0 Å². The molecule has 0 aliphatic carbocycles. The average Bonchev–Trinajstić information content (AvgIpc) is 3.31. The van der Waals surface area contributed by atoms with E-state index < -0.39 is 20.5 Å². The second-order valence-electron chi connectivity index (χ2n) is 9.45. The van der Waals surface area contributed by atoms with Gasteiger partial charge in [-0.2, -0.15) is 0 Å². The summed E-state index contributed by atoms with van der Waals surface area (Å²) in [5, 5.41) is 6.50. The van der Waals surface area contributed by atoms with Crippen LogP contribution in [0, 0.1) is 5.82 Å². The summed E-state index contributed by atoms with van der Waals surface area (Å²) >= 11 is 0. The molecule has 0 fully saturated rings. The Balaban J connectivity index is 1.80. The molecule has 39 heavy (non-hydrogen) atoms. The van der Waals surface area contributed by atoms with Crippen molar-refractivity contribution in [3.8, 4) is 22.5 Å². The van der Waals surface area contributed by atoms with Gasteiger partial charge in [-0.1, -0.05) is 60.7 Å². The lowest BCUT2D eigenvalue weighted by atomic mass is 9.97. The normalized spacial score (nSPS) is 13.1. The van der Waals surface area contributed by atoms with Gasteiger partial charge in [0.25, 0.3) is 5.91 Å². The van der Waals surface area contributed by atoms with Crippen molar-refractivity contribution in [3.63, 3.8) is 0 Å². The molecule has 0 radical (unpaired) electrons. The Morgan fingerprint density at radius 3 is 2.08 bits per heavy atom. The zero-order chi connectivity index (χ0) is 27.8. The summed E-state index contributed by atoms with van der Waals surface area (Å²) in [6, 6.07) is 27.6. The van der Waals surface area contributed by atoms with Crippen LogP contribution in [0.1, 0.15) is 22.8 Å². The third-order valence-electron chi connectivity index (χ3n) is 6.91. The summed E-state index contributed by atoms with van der Waals surface area (Å²) in [5.41, 5.74) is 3.80. The van der Waals surface area contributed by atoms with Crippen LogP contribution in [-0.2, 0) is 14.7 Å². The number of amides is 1. The second-order valence-corrected chi connectivity index (χ2v) is 11.8. The molecule has 5 rings (SSSR count). The first kappa shape index (κ1) is 26.2. The van der Waals surface area contributed by atoms with E-state index in [2.05, 4.69) is 10.6 Å². The fourth-order valence-electron chi connectivity index (χ4n) is 4.65. The largest absolute Gasteiger partial charge is 0.455 e. The number of benzene rings is 4. The van der Waals surface area contributed by atoms with E-state index in [1.165, 1.54) is 25.4 Å². The number of nitrogens with one attached hydrogen (secondary N) is 2. The molecular formula is C31H27FN2O4S. The van der Waals surface area contributed by atoms with Gasteiger partial charge in [0.1, 0.15) is 17.2 Å². The number of fused-ring (bicyclic) bond motifs is 1. The predicted molar refractivity (Wildman–Crippen MR) is 153 cm³/mol. The van der Waals surface area contributed by atoms with Gasteiger partial charge in [0.05, 0.1) is 5.56 Å². The molecule has 2 N–H and O–H groups in total. The fourth-order valence-corrected chi connectivity index (χ4v) is 5.51. The number of carbonyl (C=O) groups is 1. The minimum Gasteiger partial charge on any atom is -0.455 e. The number of hydrogen-bond acceptors (Lipinski definition) is 5. The van der Waals surface area contributed by atoms with Crippen LogP contribution >= 0.6 is 0 Å². The monoisotopic (exact) mass is 542 g/mol. The zero-order valence-corrected chi connectivity index (χ0v) is 22.5. The lowest BCUT2D eigenvalue weighted by molar-refractivity contribution is 0.0964. The van der Waals surface area contributed by atoms with Crippen molar-refractivity contribution in [2.75, 3.05) is 18.6 Å². The standard InChI is InChI=1S/C31H27FN2O4S/c1-31(39(3,36)37,22-12-8-5-9-13-22)34-26-19-27-25(18-24(26)20-10-6-4-7-11-20)28(30(35)33-2)29(38-27)21-14-16-23(32)17-15-21/h4-19,34H,1-3H3,(H,33,35). The first-order chi connectivity index (χ1) is 18.6. The lowest BCUT2D eigenvalue weighted by Gasteiger charge is -2.31. The van der Waals surface area contributed by atoms with Gasteiger partial charge in [0.2, 0.25) is 0 Å². The molecule has 0 bridgehead atoms. The topological polar surface area (TPSA) is 88.4 Å². The number of hydrogen-bond donors (Lipinski definition) is 2. The third kappa shape index (κ3) is 4.79. The number of anilines is 1. The molecule has 0 aliphatic heterocycles. The quantitative estimate of drug-likeness (QED) is 0.242. The number of rotatable bonds is 7. The van der Waals surface area contributed by atoms with E-state index in [4.69, 9.17) is 4.42 Å². The summed E-state index contributed by atoms with van der Waals surface area (Å²) in [5.74, 6) is -0.484. The molecule has 0 saturated carbocycles. The van der Waals surface area contributed by atoms with Crippen LogP contribution in [-0.4, -0.2) is 27.6 Å². The van der Waals surface area contributed by atoms with Gasteiger partial charge in [-0.25, -0.2) is 12.8 Å². The van der Waals surface area contributed by atoms with Crippen molar-refractivity contribution < 1.29 is 22.0 Å². The lowest BCUT2D eigenvalue weighted by Crippen LogP contribution is -2.40. The van der Waals surface area contributed by atoms with Crippen molar-refractivity contribution in [3.05, 3.63) is 114 Å². The van der Waals surface area contributed by atoms with Crippen LogP contribution in [0.15, 0.2) is 101 Å². The van der Waals surface area contributed by atoms with Gasteiger partial charge < -0.3 is 15.1 Å². The number of halogens is 1. The first-order valence-corrected chi connectivity index (χ1v) is 14.2. The second kappa shape index (κ2) is 10.0. The van der Waals surface area contributed by atoms with Crippen LogP contribution < -0.4 is 10.6 Å². The smallest absolute Gasteiger partial charge is 0.255 e. The minimum atomic E-state index is -3.68. The molecule has 4 aromatic carbocycles. The fraction of sp³-hybridized carbons (Fsp3) is 0.129. The van der Waals surface area contributed by atoms with Crippen molar-refractivity contribution in [1.82, 2.24) is 5.32 Å². The van der Waals surface area contributed by atoms with Gasteiger partial charge in [-0.3, -0.25) is 4.79 Å². The zero-order valence-electron chi connectivity index (χ0n) is 21.7. The Bertz CT molecular complexity index is 1770. The van der Waals surface area contributed by atoms with Crippen LogP contribution in [0.5, 0.6) is 0 Å².